The fourth-order valence-electron chi connectivity index (χ4n) is 2.98. The zero-order chi connectivity index (χ0) is 16.4. The Kier molecular flexibility index (Phi) is 4.38. The van der Waals surface area contributed by atoms with Crippen LogP contribution in [0.25, 0.3) is 0 Å². The summed E-state index contributed by atoms with van der Waals surface area (Å²) in [7, 11) is 1.54. The predicted molar refractivity (Wildman–Crippen MR) is 85.9 cm³/mol. The van der Waals surface area contributed by atoms with Crippen LogP contribution in [-0.4, -0.2) is 44.8 Å². The highest BCUT2D eigenvalue weighted by molar-refractivity contribution is 5.96. The molecule has 0 saturated carbocycles. The van der Waals surface area contributed by atoms with Crippen LogP contribution in [0.4, 0.5) is 16.2 Å². The maximum absolute atomic E-state index is 12.1. The normalized spacial score (nSPS) is 21.6. The number of ether oxygens (including phenoxy) is 2. The number of nitrogens with two attached hydrogens (primary N) is 1. The van der Waals surface area contributed by atoms with Gasteiger partial charge in [-0.25, -0.2) is 4.79 Å². The first-order valence-corrected chi connectivity index (χ1v) is 7.80. The minimum atomic E-state index is -0.430. The van der Waals surface area contributed by atoms with Crippen molar-refractivity contribution in [2.45, 2.75) is 25.4 Å². The average molecular weight is 319 g/mol. The van der Waals surface area contributed by atoms with Gasteiger partial charge in [-0.3, -0.25) is 9.69 Å². The van der Waals surface area contributed by atoms with E-state index in [1.165, 1.54) is 4.90 Å². The van der Waals surface area contributed by atoms with Crippen molar-refractivity contribution in [1.82, 2.24) is 0 Å². The van der Waals surface area contributed by atoms with Crippen molar-refractivity contribution < 1.29 is 19.1 Å². The van der Waals surface area contributed by atoms with E-state index in [0.717, 1.165) is 18.5 Å². The highest BCUT2D eigenvalue weighted by Gasteiger charge is 2.33. The van der Waals surface area contributed by atoms with Gasteiger partial charge in [0.1, 0.15) is 11.9 Å². The molecule has 2 N–H and O–H groups in total. The van der Waals surface area contributed by atoms with Gasteiger partial charge in [-0.05, 0) is 25.0 Å². The molecule has 1 aromatic carbocycles. The molecule has 1 atom stereocenters. The second kappa shape index (κ2) is 6.45. The van der Waals surface area contributed by atoms with Gasteiger partial charge in [0.2, 0.25) is 5.91 Å². The molecule has 7 heteroatoms. The van der Waals surface area contributed by atoms with Gasteiger partial charge < -0.3 is 20.1 Å². The lowest BCUT2D eigenvalue weighted by molar-refractivity contribution is -0.119. The summed E-state index contributed by atoms with van der Waals surface area (Å²) in [5.41, 5.74) is 6.98. The molecule has 23 heavy (non-hydrogen) atoms. The molecule has 2 aliphatic heterocycles. The van der Waals surface area contributed by atoms with E-state index >= 15 is 0 Å². The minimum Gasteiger partial charge on any atom is -0.494 e. The first-order valence-electron chi connectivity index (χ1n) is 7.80. The quantitative estimate of drug-likeness (QED) is 0.909. The maximum Gasteiger partial charge on any atom is 0.414 e. The van der Waals surface area contributed by atoms with Gasteiger partial charge in [-0.2, -0.15) is 0 Å². The van der Waals surface area contributed by atoms with Gasteiger partial charge in [0.25, 0.3) is 0 Å². The summed E-state index contributed by atoms with van der Waals surface area (Å²) in [5, 5.41) is 0. The second-order valence-electron chi connectivity index (χ2n) is 5.71. The summed E-state index contributed by atoms with van der Waals surface area (Å²) in [6, 6.07) is 5.42. The van der Waals surface area contributed by atoms with Crippen molar-refractivity contribution >= 4 is 23.4 Å². The number of cyclic esters (lactones) is 1. The molecule has 0 bridgehead atoms. The molecule has 0 aliphatic carbocycles. The van der Waals surface area contributed by atoms with E-state index in [2.05, 4.69) is 0 Å². The van der Waals surface area contributed by atoms with Crippen molar-refractivity contribution in [3.8, 4) is 5.75 Å². The molecule has 7 nitrogen and oxygen atoms in total. The molecule has 2 heterocycles. The summed E-state index contributed by atoms with van der Waals surface area (Å²) < 4.78 is 10.6. The molecule has 0 radical (unpaired) electrons. The van der Waals surface area contributed by atoms with E-state index < -0.39 is 6.09 Å². The highest BCUT2D eigenvalue weighted by atomic mass is 16.6. The Morgan fingerprint density at radius 1 is 1.30 bits per heavy atom. The number of anilines is 2. The first kappa shape index (κ1) is 15.6. The summed E-state index contributed by atoms with van der Waals surface area (Å²) in [6.07, 6.45) is 1.76. The second-order valence-corrected chi connectivity index (χ2v) is 5.71. The number of rotatable bonds is 4. The molecular formula is C16H21N3O4. The number of methoxy groups -OCH3 is 1. The van der Waals surface area contributed by atoms with Crippen LogP contribution in [0.2, 0.25) is 0 Å². The van der Waals surface area contributed by atoms with Gasteiger partial charge >= 0.3 is 6.09 Å². The predicted octanol–water partition coefficient (Wildman–Crippen LogP) is 1.50. The zero-order valence-corrected chi connectivity index (χ0v) is 13.2. The number of piperidine rings is 1. The summed E-state index contributed by atoms with van der Waals surface area (Å²) in [4.78, 5) is 27.3. The zero-order valence-electron chi connectivity index (χ0n) is 13.2. The lowest BCUT2D eigenvalue weighted by atomic mass is 10.1. The third kappa shape index (κ3) is 2.96. The number of hydrogen-bond donors (Lipinski definition) is 1. The molecule has 2 amide bonds. The Labute approximate surface area is 134 Å². The standard InChI is InChI=1S/C16H21N3O4/c1-22-14-8-11(18-7-3-2-4-15(18)20)5-6-13(14)19-10-12(9-17)23-16(19)21/h5-6,8,12H,2-4,7,9-10,17H2,1H3/t12-/m0/s1. The van der Waals surface area contributed by atoms with Crippen LogP contribution in [-0.2, 0) is 9.53 Å². The van der Waals surface area contributed by atoms with E-state index in [9.17, 15) is 9.59 Å². The number of nitrogens with zero attached hydrogens (tertiary/aromatic N) is 2. The van der Waals surface area contributed by atoms with E-state index in [0.29, 0.717) is 30.9 Å². The van der Waals surface area contributed by atoms with Crippen LogP contribution >= 0.6 is 0 Å². The van der Waals surface area contributed by atoms with Crippen molar-refractivity contribution in [3.63, 3.8) is 0 Å². The van der Waals surface area contributed by atoms with Crippen LogP contribution in [0.1, 0.15) is 19.3 Å². The number of hydrogen-bond acceptors (Lipinski definition) is 5. The number of carbonyl (C=O) groups is 2. The minimum absolute atomic E-state index is 0.120. The lowest BCUT2D eigenvalue weighted by Gasteiger charge is -2.28. The van der Waals surface area contributed by atoms with Crippen LogP contribution < -0.4 is 20.3 Å². The van der Waals surface area contributed by atoms with E-state index in [1.54, 1.807) is 24.1 Å². The van der Waals surface area contributed by atoms with Crippen molar-refractivity contribution in [2.24, 2.45) is 5.73 Å². The van der Waals surface area contributed by atoms with Crippen molar-refractivity contribution in [1.29, 1.82) is 0 Å². The van der Waals surface area contributed by atoms with Crippen LogP contribution in [0.5, 0.6) is 5.75 Å². The molecule has 0 unspecified atom stereocenters. The Bertz CT molecular complexity index is 619. The van der Waals surface area contributed by atoms with Gasteiger partial charge in [0, 0.05) is 31.3 Å². The van der Waals surface area contributed by atoms with E-state index in [-0.39, 0.29) is 18.6 Å². The lowest BCUT2D eigenvalue weighted by Crippen LogP contribution is -2.35. The third-order valence-electron chi connectivity index (χ3n) is 4.23. The summed E-state index contributed by atoms with van der Waals surface area (Å²) >= 11 is 0. The van der Waals surface area contributed by atoms with Crippen molar-refractivity contribution in [2.75, 3.05) is 36.5 Å². The van der Waals surface area contributed by atoms with E-state index in [4.69, 9.17) is 15.2 Å². The molecule has 2 saturated heterocycles. The first-order chi connectivity index (χ1) is 11.1. The SMILES string of the molecule is COc1cc(N2CCCCC2=O)ccc1N1C[C@H](CN)OC1=O. The third-order valence-corrected chi connectivity index (χ3v) is 4.23. The monoisotopic (exact) mass is 319 g/mol. The highest BCUT2D eigenvalue weighted by Crippen LogP contribution is 2.35. The number of benzene rings is 1. The Morgan fingerprint density at radius 3 is 2.78 bits per heavy atom. The number of carbonyl (C=O) groups excluding carboxylic acids is 2. The van der Waals surface area contributed by atoms with Gasteiger partial charge in [0.15, 0.2) is 0 Å². The smallest absolute Gasteiger partial charge is 0.414 e. The molecule has 0 spiro atoms. The van der Waals surface area contributed by atoms with Crippen LogP contribution in [0, 0.1) is 0 Å². The maximum atomic E-state index is 12.1. The molecular weight excluding hydrogens is 298 g/mol. The van der Waals surface area contributed by atoms with Gasteiger partial charge in [-0.1, -0.05) is 0 Å². The van der Waals surface area contributed by atoms with E-state index in [1.807, 2.05) is 6.07 Å². The molecule has 1 aromatic rings. The summed E-state index contributed by atoms with van der Waals surface area (Å²) in [6.45, 7) is 1.39. The Balaban J connectivity index is 1.88. The fourth-order valence-corrected chi connectivity index (χ4v) is 2.98. The van der Waals surface area contributed by atoms with Crippen molar-refractivity contribution in [3.05, 3.63) is 18.2 Å². The molecule has 2 aliphatic rings. The largest absolute Gasteiger partial charge is 0.494 e. The fraction of sp³-hybridized carbons (Fsp3) is 0.500. The summed E-state index contributed by atoms with van der Waals surface area (Å²) in [5.74, 6) is 0.658. The van der Waals surface area contributed by atoms with Gasteiger partial charge in [0.05, 0.1) is 19.3 Å². The van der Waals surface area contributed by atoms with Gasteiger partial charge in [-0.15, -0.1) is 0 Å². The Morgan fingerprint density at radius 2 is 2.13 bits per heavy atom. The molecule has 3 rings (SSSR count). The Hall–Kier alpha value is -2.28. The molecule has 2 fully saturated rings. The van der Waals surface area contributed by atoms with Crippen LogP contribution in [0.15, 0.2) is 18.2 Å². The topological polar surface area (TPSA) is 85.1 Å². The number of amides is 2. The average Bonchev–Trinajstić information content (AvgIpc) is 2.95. The van der Waals surface area contributed by atoms with Crippen LogP contribution in [0.3, 0.4) is 0 Å². The molecule has 0 aromatic heterocycles. The molecule has 124 valence electrons.